The monoisotopic (exact) mass is 311 g/mol. The van der Waals surface area contributed by atoms with E-state index >= 15 is 0 Å². The first kappa shape index (κ1) is 17.9. The maximum Gasteiger partial charge on any atom is 0.166 e. The minimum Gasteiger partial charge on any atom is -0.361 e. The molecule has 0 saturated carbocycles. The molecular weight excluding hydrogens is 285 g/mol. The van der Waals surface area contributed by atoms with E-state index < -0.39 is 0 Å². The molecule has 0 bridgehead atoms. The van der Waals surface area contributed by atoms with Crippen LogP contribution in [0.2, 0.25) is 0 Å². The van der Waals surface area contributed by atoms with Crippen LogP contribution in [0.3, 0.4) is 0 Å². The Morgan fingerprint density at radius 2 is 1.67 bits per heavy atom. The molecule has 0 heterocycles. The van der Waals surface area contributed by atoms with Crippen molar-refractivity contribution < 1.29 is 4.39 Å². The van der Waals surface area contributed by atoms with E-state index in [-0.39, 0.29) is 5.82 Å². The molecule has 0 radical (unpaired) electrons. The number of nitrogens with one attached hydrogen (secondary N) is 2. The molecule has 0 saturated heterocycles. The standard InChI is InChI=1S/C16H26FN3S/c1-12(2)20(13(3)4)10-9-18-16(21)19-11-14-5-7-15(17)8-6-14/h5-8,12-13H,9-11H2,1-4H3,(H2,18,19,21). The van der Waals surface area contributed by atoms with E-state index in [2.05, 4.69) is 43.2 Å². The van der Waals surface area contributed by atoms with Crippen molar-refractivity contribution in [2.75, 3.05) is 13.1 Å². The predicted octanol–water partition coefficient (Wildman–Crippen LogP) is 2.91. The van der Waals surface area contributed by atoms with Crippen LogP contribution in [0.1, 0.15) is 33.3 Å². The van der Waals surface area contributed by atoms with Gasteiger partial charge in [-0.25, -0.2) is 4.39 Å². The van der Waals surface area contributed by atoms with Crippen LogP contribution >= 0.6 is 12.2 Å². The molecule has 0 aliphatic rings. The Morgan fingerprint density at radius 3 is 2.19 bits per heavy atom. The van der Waals surface area contributed by atoms with Crippen molar-refractivity contribution in [1.29, 1.82) is 0 Å². The van der Waals surface area contributed by atoms with Crippen LogP contribution in [0, 0.1) is 5.82 Å². The normalized spacial score (nSPS) is 11.2. The van der Waals surface area contributed by atoms with Crippen LogP contribution in [-0.4, -0.2) is 35.2 Å². The van der Waals surface area contributed by atoms with Crippen molar-refractivity contribution >= 4 is 17.3 Å². The maximum absolute atomic E-state index is 12.8. The van der Waals surface area contributed by atoms with Crippen molar-refractivity contribution in [1.82, 2.24) is 15.5 Å². The first-order valence-corrected chi connectivity index (χ1v) is 7.83. The van der Waals surface area contributed by atoms with Gasteiger partial charge in [0.25, 0.3) is 0 Å². The number of rotatable bonds is 7. The van der Waals surface area contributed by atoms with Gasteiger partial charge in [0.1, 0.15) is 5.82 Å². The lowest BCUT2D eigenvalue weighted by Crippen LogP contribution is -2.44. The lowest BCUT2D eigenvalue weighted by molar-refractivity contribution is 0.178. The third-order valence-electron chi connectivity index (χ3n) is 3.35. The molecule has 0 fully saturated rings. The molecule has 1 aromatic rings. The number of benzene rings is 1. The Balaban J connectivity index is 2.26. The van der Waals surface area contributed by atoms with Crippen molar-refractivity contribution in [3.63, 3.8) is 0 Å². The maximum atomic E-state index is 12.8. The van der Waals surface area contributed by atoms with Gasteiger partial charge in [-0.05, 0) is 57.6 Å². The number of nitrogens with zero attached hydrogens (tertiary/aromatic N) is 1. The molecule has 118 valence electrons. The Labute approximate surface area is 132 Å². The van der Waals surface area contributed by atoms with Gasteiger partial charge in [-0.3, -0.25) is 4.90 Å². The summed E-state index contributed by atoms with van der Waals surface area (Å²) >= 11 is 5.25. The minimum atomic E-state index is -0.220. The summed E-state index contributed by atoms with van der Waals surface area (Å²) in [7, 11) is 0. The van der Waals surface area contributed by atoms with Gasteiger partial charge >= 0.3 is 0 Å². The quantitative estimate of drug-likeness (QED) is 0.757. The fourth-order valence-electron chi connectivity index (χ4n) is 2.26. The van der Waals surface area contributed by atoms with E-state index in [1.54, 1.807) is 12.1 Å². The Hall–Kier alpha value is -1.20. The smallest absolute Gasteiger partial charge is 0.166 e. The highest BCUT2D eigenvalue weighted by molar-refractivity contribution is 7.80. The highest BCUT2D eigenvalue weighted by Crippen LogP contribution is 2.03. The van der Waals surface area contributed by atoms with Crippen LogP contribution in [0.15, 0.2) is 24.3 Å². The van der Waals surface area contributed by atoms with Crippen molar-refractivity contribution in [2.45, 2.75) is 46.3 Å². The second kappa shape index (κ2) is 8.95. The van der Waals surface area contributed by atoms with Gasteiger partial charge in [-0.2, -0.15) is 0 Å². The molecule has 0 atom stereocenters. The third-order valence-corrected chi connectivity index (χ3v) is 3.64. The summed E-state index contributed by atoms with van der Waals surface area (Å²) in [6.07, 6.45) is 0. The fraction of sp³-hybridized carbons (Fsp3) is 0.562. The summed E-state index contributed by atoms with van der Waals surface area (Å²) in [4.78, 5) is 2.41. The zero-order valence-electron chi connectivity index (χ0n) is 13.3. The van der Waals surface area contributed by atoms with Gasteiger partial charge in [0, 0.05) is 31.7 Å². The molecule has 0 amide bonds. The van der Waals surface area contributed by atoms with Crippen LogP contribution in [0.25, 0.3) is 0 Å². The van der Waals surface area contributed by atoms with Crippen molar-refractivity contribution in [2.24, 2.45) is 0 Å². The van der Waals surface area contributed by atoms with Crippen LogP contribution in [-0.2, 0) is 6.54 Å². The zero-order chi connectivity index (χ0) is 15.8. The lowest BCUT2D eigenvalue weighted by Gasteiger charge is -2.30. The van der Waals surface area contributed by atoms with Gasteiger partial charge in [0.05, 0.1) is 0 Å². The van der Waals surface area contributed by atoms with Gasteiger partial charge in [-0.1, -0.05) is 12.1 Å². The third kappa shape index (κ3) is 6.87. The highest BCUT2D eigenvalue weighted by Gasteiger charge is 2.12. The summed E-state index contributed by atoms with van der Waals surface area (Å²) in [5, 5.41) is 6.97. The van der Waals surface area contributed by atoms with Crippen LogP contribution in [0.4, 0.5) is 4.39 Å². The largest absolute Gasteiger partial charge is 0.361 e. The molecule has 5 heteroatoms. The molecule has 0 unspecified atom stereocenters. The topological polar surface area (TPSA) is 27.3 Å². The lowest BCUT2D eigenvalue weighted by atomic mass is 10.2. The molecule has 0 spiro atoms. The Kier molecular flexibility index (Phi) is 7.61. The van der Waals surface area contributed by atoms with Gasteiger partial charge < -0.3 is 10.6 Å². The first-order chi connectivity index (χ1) is 9.90. The molecule has 0 aliphatic heterocycles. The van der Waals surface area contributed by atoms with E-state index in [0.717, 1.165) is 18.7 Å². The predicted molar refractivity (Wildman–Crippen MR) is 90.8 cm³/mol. The zero-order valence-corrected chi connectivity index (χ0v) is 14.1. The molecule has 3 nitrogen and oxygen atoms in total. The molecule has 21 heavy (non-hydrogen) atoms. The number of hydrogen-bond acceptors (Lipinski definition) is 2. The average molecular weight is 311 g/mol. The van der Waals surface area contributed by atoms with E-state index in [1.165, 1.54) is 12.1 Å². The second-order valence-electron chi connectivity index (χ2n) is 5.66. The molecule has 1 aromatic carbocycles. The van der Waals surface area contributed by atoms with Gasteiger partial charge in [0.15, 0.2) is 5.11 Å². The summed E-state index contributed by atoms with van der Waals surface area (Å²) in [5.74, 6) is -0.220. The van der Waals surface area contributed by atoms with Crippen molar-refractivity contribution in [3.8, 4) is 0 Å². The average Bonchev–Trinajstić information content (AvgIpc) is 2.42. The molecular formula is C16H26FN3S. The Morgan fingerprint density at radius 1 is 1.10 bits per heavy atom. The molecule has 0 aromatic heterocycles. The molecule has 0 aliphatic carbocycles. The number of hydrogen-bond donors (Lipinski definition) is 2. The van der Waals surface area contributed by atoms with Crippen LogP contribution < -0.4 is 10.6 Å². The number of halogens is 1. The molecule has 1 rings (SSSR count). The second-order valence-corrected chi connectivity index (χ2v) is 6.07. The van der Waals surface area contributed by atoms with Crippen molar-refractivity contribution in [3.05, 3.63) is 35.6 Å². The molecule has 2 N–H and O–H groups in total. The summed E-state index contributed by atoms with van der Waals surface area (Å²) in [5.41, 5.74) is 1.01. The first-order valence-electron chi connectivity index (χ1n) is 7.42. The van der Waals surface area contributed by atoms with E-state index in [9.17, 15) is 4.39 Å². The minimum absolute atomic E-state index is 0.220. The SMILES string of the molecule is CC(C)N(CCNC(=S)NCc1ccc(F)cc1)C(C)C. The van der Waals surface area contributed by atoms with E-state index in [1.807, 2.05) is 0 Å². The van der Waals surface area contributed by atoms with E-state index in [0.29, 0.717) is 23.7 Å². The number of thiocarbonyl (C=S) groups is 1. The fourth-order valence-corrected chi connectivity index (χ4v) is 2.43. The summed E-state index contributed by atoms with van der Waals surface area (Å²) < 4.78 is 12.8. The van der Waals surface area contributed by atoms with Crippen LogP contribution in [0.5, 0.6) is 0 Å². The van der Waals surface area contributed by atoms with E-state index in [4.69, 9.17) is 12.2 Å². The Bertz CT molecular complexity index is 424. The highest BCUT2D eigenvalue weighted by atomic mass is 32.1. The summed E-state index contributed by atoms with van der Waals surface area (Å²) in [6.45, 7) is 11.2. The van der Waals surface area contributed by atoms with Gasteiger partial charge in [0.2, 0.25) is 0 Å². The summed E-state index contributed by atoms with van der Waals surface area (Å²) in [6, 6.07) is 7.46. The van der Waals surface area contributed by atoms with Gasteiger partial charge in [-0.15, -0.1) is 0 Å².